The van der Waals surface area contributed by atoms with Crippen LogP contribution in [0.2, 0.25) is 0 Å². The van der Waals surface area contributed by atoms with Crippen molar-refractivity contribution in [1.82, 2.24) is 5.16 Å². The molecule has 0 aromatic carbocycles. The van der Waals surface area contributed by atoms with Crippen molar-refractivity contribution in [2.75, 3.05) is 6.67 Å². The molecule has 0 spiro atoms. The van der Waals surface area contributed by atoms with E-state index in [0.717, 1.165) is 36.2 Å². The largest absolute Gasteiger partial charge is 0.361 e. The number of fused-ring (bicyclic) bond motifs is 4. The summed E-state index contributed by atoms with van der Waals surface area (Å²) in [4.78, 5) is 12.1. The molecule has 0 radical (unpaired) electrons. The normalized spacial score (nSPS) is 38.3. The summed E-state index contributed by atoms with van der Waals surface area (Å²) in [6.45, 7) is 6.27. The number of carbonyl (C=O) groups excluding carboxylic acids is 1. The zero-order chi connectivity index (χ0) is 16.5. The van der Waals surface area contributed by atoms with Gasteiger partial charge in [-0.25, -0.2) is 0 Å². The van der Waals surface area contributed by atoms with Crippen LogP contribution in [0, 0.1) is 16.7 Å². The van der Waals surface area contributed by atoms with Crippen molar-refractivity contribution in [1.29, 1.82) is 0 Å². The predicted octanol–water partition coefficient (Wildman–Crippen LogP) is 4.17. The van der Waals surface area contributed by atoms with Crippen molar-refractivity contribution in [3.05, 3.63) is 29.2 Å². The summed E-state index contributed by atoms with van der Waals surface area (Å²) < 4.78 is 19.7. The summed E-state index contributed by atoms with van der Waals surface area (Å²) in [5, 5.41) is 4.01. The van der Waals surface area contributed by atoms with Crippen LogP contribution in [0.5, 0.6) is 0 Å². The maximum Gasteiger partial charge on any atom is 0.155 e. The summed E-state index contributed by atoms with van der Waals surface area (Å²) in [6, 6.07) is 0. The lowest BCUT2D eigenvalue weighted by Gasteiger charge is -2.59. The number of allylic oxidation sites excluding steroid dienone is 2. The smallest absolute Gasteiger partial charge is 0.155 e. The number of rotatable bonds is 1. The molecule has 0 unspecified atom stereocenters. The summed E-state index contributed by atoms with van der Waals surface area (Å²) in [6.07, 6.45) is 7.32. The van der Waals surface area contributed by atoms with Crippen molar-refractivity contribution in [2.45, 2.75) is 58.3 Å². The Kier molecular flexibility index (Phi) is 2.99. The van der Waals surface area contributed by atoms with Gasteiger partial charge in [0.1, 0.15) is 5.76 Å². The van der Waals surface area contributed by atoms with E-state index in [9.17, 15) is 9.18 Å². The summed E-state index contributed by atoms with van der Waals surface area (Å²) >= 11 is 0. The first kappa shape index (κ1) is 15.1. The first-order valence-electron chi connectivity index (χ1n) is 8.59. The minimum atomic E-state index is -0.427. The van der Waals surface area contributed by atoms with Crippen LogP contribution in [0.15, 0.2) is 22.4 Å². The topological polar surface area (TPSA) is 43.1 Å². The van der Waals surface area contributed by atoms with E-state index in [0.29, 0.717) is 18.8 Å². The zero-order valence-corrected chi connectivity index (χ0v) is 14.1. The molecule has 3 aliphatic rings. The van der Waals surface area contributed by atoms with Gasteiger partial charge in [-0.2, -0.15) is 0 Å². The first-order valence-corrected chi connectivity index (χ1v) is 8.59. The number of aromatic nitrogens is 1. The molecule has 3 aliphatic carbocycles. The second-order valence-corrected chi connectivity index (χ2v) is 8.53. The van der Waals surface area contributed by atoms with Gasteiger partial charge in [-0.05, 0) is 43.1 Å². The number of halogens is 1. The number of hydrogen-bond acceptors (Lipinski definition) is 3. The van der Waals surface area contributed by atoms with Gasteiger partial charge in [0, 0.05) is 22.8 Å². The fraction of sp³-hybridized carbons (Fsp3) is 0.684. The van der Waals surface area contributed by atoms with E-state index in [1.54, 1.807) is 12.3 Å². The minimum Gasteiger partial charge on any atom is -0.361 e. The first-order chi connectivity index (χ1) is 10.8. The van der Waals surface area contributed by atoms with Crippen LogP contribution in [0.3, 0.4) is 0 Å². The Bertz CT molecular complexity index is 704. The van der Waals surface area contributed by atoms with E-state index in [1.165, 1.54) is 0 Å². The second kappa shape index (κ2) is 4.55. The molecule has 1 heterocycles. The number of ketones is 1. The minimum absolute atomic E-state index is 0.150. The lowest BCUT2D eigenvalue weighted by Crippen LogP contribution is -2.55. The van der Waals surface area contributed by atoms with Gasteiger partial charge < -0.3 is 4.52 Å². The van der Waals surface area contributed by atoms with Crippen molar-refractivity contribution in [3.8, 4) is 0 Å². The van der Waals surface area contributed by atoms with Gasteiger partial charge in [0.25, 0.3) is 0 Å². The van der Waals surface area contributed by atoms with Crippen LogP contribution in [0.4, 0.5) is 4.39 Å². The lowest BCUT2D eigenvalue weighted by molar-refractivity contribution is -0.117. The molecule has 1 aromatic rings. The number of carbonyl (C=O) groups is 1. The van der Waals surface area contributed by atoms with Crippen LogP contribution in [0.25, 0.3) is 0 Å². The monoisotopic (exact) mass is 317 g/mol. The highest BCUT2D eigenvalue weighted by molar-refractivity contribution is 5.92. The Hall–Kier alpha value is -1.45. The predicted molar refractivity (Wildman–Crippen MR) is 84.8 cm³/mol. The molecule has 0 saturated heterocycles. The third-order valence-electron chi connectivity index (χ3n) is 6.94. The zero-order valence-electron chi connectivity index (χ0n) is 14.1. The SMILES string of the molecule is CC1(C)c2oncc2C[C@]2(C)C3=CC(=O)CC[C@]3(CF)CC[C@@H]12. The molecule has 4 heteroatoms. The second-order valence-electron chi connectivity index (χ2n) is 8.53. The van der Waals surface area contributed by atoms with Gasteiger partial charge in [0.05, 0.1) is 12.9 Å². The highest BCUT2D eigenvalue weighted by atomic mass is 19.1. The third-order valence-corrected chi connectivity index (χ3v) is 6.94. The highest BCUT2D eigenvalue weighted by Crippen LogP contribution is 2.64. The summed E-state index contributed by atoms with van der Waals surface area (Å²) in [5.41, 5.74) is 1.40. The molecular formula is C19H24FNO2. The Morgan fingerprint density at radius 1 is 1.35 bits per heavy atom. The molecule has 0 aliphatic heterocycles. The van der Waals surface area contributed by atoms with Crippen molar-refractivity contribution < 1.29 is 13.7 Å². The average Bonchev–Trinajstić information content (AvgIpc) is 2.96. The maximum absolute atomic E-state index is 14.1. The molecule has 124 valence electrons. The quantitative estimate of drug-likeness (QED) is 0.781. The standard InChI is InChI=1S/C19H24FNO2/c1-17(2)14-5-7-19(11-20)6-4-13(22)8-15(19)18(14,3)9-12-10-21-23-16(12)17/h8,10,14H,4-7,9,11H2,1-3H3/t14-,18-,19+/m0/s1. The molecule has 1 saturated carbocycles. The van der Waals surface area contributed by atoms with Crippen molar-refractivity contribution >= 4 is 5.78 Å². The van der Waals surface area contributed by atoms with E-state index < -0.39 is 5.41 Å². The third kappa shape index (κ3) is 1.81. The summed E-state index contributed by atoms with van der Waals surface area (Å²) in [5.74, 6) is 1.46. The number of nitrogens with zero attached hydrogens (tertiary/aromatic N) is 1. The molecule has 0 amide bonds. The van der Waals surface area contributed by atoms with E-state index in [2.05, 4.69) is 25.9 Å². The van der Waals surface area contributed by atoms with Gasteiger partial charge >= 0.3 is 0 Å². The van der Waals surface area contributed by atoms with Crippen LogP contribution >= 0.6 is 0 Å². The van der Waals surface area contributed by atoms with Gasteiger partial charge in [-0.1, -0.05) is 31.5 Å². The van der Waals surface area contributed by atoms with Crippen molar-refractivity contribution in [2.24, 2.45) is 16.7 Å². The molecule has 3 nitrogen and oxygen atoms in total. The Balaban J connectivity index is 1.91. The number of alkyl halides is 1. The highest BCUT2D eigenvalue weighted by Gasteiger charge is 2.60. The van der Waals surface area contributed by atoms with Crippen LogP contribution in [-0.4, -0.2) is 17.6 Å². The van der Waals surface area contributed by atoms with Gasteiger partial charge in [-0.15, -0.1) is 0 Å². The van der Waals surface area contributed by atoms with E-state index in [4.69, 9.17) is 4.52 Å². The molecule has 1 aromatic heterocycles. The van der Waals surface area contributed by atoms with E-state index >= 15 is 0 Å². The fourth-order valence-corrected chi connectivity index (χ4v) is 5.89. The molecule has 3 atom stereocenters. The molecular weight excluding hydrogens is 293 g/mol. The van der Waals surface area contributed by atoms with Gasteiger partial charge in [0.15, 0.2) is 5.78 Å². The van der Waals surface area contributed by atoms with Crippen LogP contribution in [0.1, 0.15) is 57.8 Å². The molecule has 0 bridgehead atoms. The molecule has 4 rings (SSSR count). The Morgan fingerprint density at radius 2 is 2.13 bits per heavy atom. The van der Waals surface area contributed by atoms with Crippen molar-refractivity contribution in [3.63, 3.8) is 0 Å². The average molecular weight is 317 g/mol. The Labute approximate surface area is 136 Å². The van der Waals surface area contributed by atoms with Gasteiger partial charge in [0.2, 0.25) is 0 Å². The fourth-order valence-electron chi connectivity index (χ4n) is 5.89. The van der Waals surface area contributed by atoms with E-state index in [-0.39, 0.29) is 23.3 Å². The van der Waals surface area contributed by atoms with E-state index in [1.807, 2.05) is 0 Å². The molecule has 0 N–H and O–H groups in total. The van der Waals surface area contributed by atoms with Crippen LogP contribution < -0.4 is 0 Å². The Morgan fingerprint density at radius 3 is 2.87 bits per heavy atom. The van der Waals surface area contributed by atoms with Gasteiger partial charge in [-0.3, -0.25) is 9.18 Å². The lowest BCUT2D eigenvalue weighted by atomic mass is 9.44. The maximum atomic E-state index is 14.1. The number of hydrogen-bond donors (Lipinski definition) is 0. The molecule has 1 fully saturated rings. The summed E-state index contributed by atoms with van der Waals surface area (Å²) in [7, 11) is 0. The molecule has 23 heavy (non-hydrogen) atoms. The van der Waals surface area contributed by atoms with Crippen LogP contribution in [-0.2, 0) is 16.6 Å².